The third-order valence-corrected chi connectivity index (χ3v) is 12.1. The number of nitrogens with one attached hydrogen (secondary N) is 2. The van der Waals surface area contributed by atoms with Crippen molar-refractivity contribution < 1.29 is 14.3 Å². The van der Waals surface area contributed by atoms with Gasteiger partial charge in [-0.2, -0.15) is 5.26 Å². The second-order valence-electron chi connectivity index (χ2n) is 14.9. The van der Waals surface area contributed by atoms with Crippen molar-refractivity contribution in [3.63, 3.8) is 0 Å². The van der Waals surface area contributed by atoms with Gasteiger partial charge in [0.1, 0.15) is 17.9 Å². The van der Waals surface area contributed by atoms with Crippen LogP contribution in [0.1, 0.15) is 55.4 Å². The van der Waals surface area contributed by atoms with Gasteiger partial charge < -0.3 is 29.7 Å². The highest BCUT2D eigenvalue weighted by molar-refractivity contribution is 6.36. The number of rotatable bonds is 8. The molecule has 4 saturated heterocycles. The molecule has 54 heavy (non-hydrogen) atoms. The Morgan fingerprint density at radius 1 is 0.926 bits per heavy atom. The maximum absolute atomic E-state index is 12.6. The summed E-state index contributed by atoms with van der Waals surface area (Å²) in [4.78, 5) is 33.2. The second kappa shape index (κ2) is 15.3. The van der Waals surface area contributed by atoms with Crippen molar-refractivity contribution in [2.24, 2.45) is 5.92 Å². The molecule has 13 heteroatoms. The molecule has 12 nitrogen and oxygen atoms in total. The van der Waals surface area contributed by atoms with E-state index in [4.69, 9.17) is 27.5 Å². The molecule has 1 atom stereocenters. The summed E-state index contributed by atoms with van der Waals surface area (Å²) >= 11 is 6.29. The van der Waals surface area contributed by atoms with E-state index < -0.39 is 0 Å². The predicted octanol–water partition coefficient (Wildman–Crippen LogP) is 6.35. The molecule has 4 aliphatic heterocycles. The van der Waals surface area contributed by atoms with Crippen LogP contribution in [0.4, 0.5) is 27.5 Å². The Morgan fingerprint density at radius 2 is 1.70 bits per heavy atom. The highest BCUT2D eigenvalue weighted by atomic mass is 35.5. The number of benzene rings is 3. The van der Waals surface area contributed by atoms with Crippen LogP contribution < -0.4 is 25.8 Å². The zero-order valence-electron chi connectivity index (χ0n) is 30.3. The number of nitriles is 1. The molecule has 8 rings (SSSR count). The minimum atomic E-state index is -0.346. The molecule has 0 radical (unpaired) electrons. The Hall–Kier alpha value is -5.09. The first-order valence-corrected chi connectivity index (χ1v) is 19.4. The van der Waals surface area contributed by atoms with Gasteiger partial charge in [-0.05, 0) is 79.6 Å². The van der Waals surface area contributed by atoms with Gasteiger partial charge in [-0.1, -0.05) is 29.8 Å². The molecule has 0 spiro atoms. The number of amides is 3. The molecular weight excluding hydrogens is 702 g/mol. The highest BCUT2D eigenvalue weighted by Gasteiger charge is 2.30. The zero-order valence-corrected chi connectivity index (χ0v) is 31.1. The van der Waals surface area contributed by atoms with E-state index in [2.05, 4.69) is 67.2 Å². The van der Waals surface area contributed by atoms with Crippen molar-refractivity contribution >= 4 is 62.9 Å². The molecule has 4 N–H and O–H groups in total. The van der Waals surface area contributed by atoms with E-state index in [0.717, 1.165) is 73.4 Å². The summed E-state index contributed by atoms with van der Waals surface area (Å²) in [5, 5.41) is 21.1. The lowest BCUT2D eigenvalue weighted by molar-refractivity contribution is -0.120. The van der Waals surface area contributed by atoms with Crippen LogP contribution in [0, 0.1) is 22.7 Å². The number of fused-ring (bicyclic) bond motifs is 1. The van der Waals surface area contributed by atoms with Crippen molar-refractivity contribution in [3.05, 3.63) is 83.0 Å². The summed E-state index contributed by atoms with van der Waals surface area (Å²) in [5.74, 6) is 0.471. The second-order valence-corrected chi connectivity index (χ2v) is 15.3. The number of aromatic nitrogens is 1. The third kappa shape index (κ3) is 7.11. The number of piperidine rings is 2. The van der Waals surface area contributed by atoms with Crippen LogP contribution in [-0.4, -0.2) is 86.1 Å². The summed E-state index contributed by atoms with van der Waals surface area (Å²) in [7, 11) is 0. The molecule has 0 bridgehead atoms. The average molecular weight is 748 g/mol. The van der Waals surface area contributed by atoms with Crippen LogP contribution in [0.3, 0.4) is 0 Å². The molecule has 3 amide bonds. The van der Waals surface area contributed by atoms with Crippen LogP contribution in [-0.2, 0) is 9.53 Å². The van der Waals surface area contributed by atoms with Crippen molar-refractivity contribution in [1.82, 2.24) is 14.8 Å². The zero-order chi connectivity index (χ0) is 37.3. The lowest BCUT2D eigenvalue weighted by Gasteiger charge is -2.39. The first-order chi connectivity index (χ1) is 26.3. The number of likely N-dealkylation sites (tertiary alicyclic amines) is 1. The minimum Gasteiger partial charge on any atom is -0.396 e. The Labute approximate surface area is 320 Å². The van der Waals surface area contributed by atoms with E-state index in [0.29, 0.717) is 55.3 Å². The fourth-order valence-electron chi connectivity index (χ4n) is 8.78. The molecule has 4 aliphatic rings. The average Bonchev–Trinajstić information content (AvgIpc) is 3.63. The van der Waals surface area contributed by atoms with E-state index in [-0.39, 0.29) is 29.3 Å². The number of nitrogens with zero attached hydrogens (tertiary/aromatic N) is 6. The van der Waals surface area contributed by atoms with Gasteiger partial charge in [0.15, 0.2) is 0 Å². The fraction of sp³-hybridized carbons (Fsp3) is 0.415. The van der Waals surface area contributed by atoms with E-state index in [1.807, 2.05) is 24.3 Å². The number of nitrogens with two attached hydrogens (primary N) is 1. The Bertz CT molecular complexity index is 2090. The maximum Gasteiger partial charge on any atom is 0.328 e. The lowest BCUT2D eigenvalue weighted by Crippen LogP contribution is -2.49. The molecule has 4 fully saturated rings. The number of hydrogen-bond donors (Lipinski definition) is 3. The van der Waals surface area contributed by atoms with Gasteiger partial charge in [0.05, 0.1) is 39.8 Å². The number of hydrogen-bond acceptors (Lipinski definition) is 9. The van der Waals surface area contributed by atoms with Crippen LogP contribution in [0.25, 0.3) is 10.9 Å². The largest absolute Gasteiger partial charge is 0.396 e. The molecule has 4 aromatic rings. The fourth-order valence-corrected chi connectivity index (χ4v) is 9.04. The standard InChI is InChI=1S/C41H46ClN9O3/c42-32-8-9-36(40(45)39(32)33(44)24-43)49-22-23-54-37(26-49)28-4-6-29(7-5-28)48-18-10-27(11-19-48)25-47-16-12-30(13-17-47)50-20-14-31-34(50)2-1-3-35(31)51-21-15-38(52)46-41(51)53/h1-9,14,20,27,30,37,44H,10-13,15-19,21-23,25-26,45H2,(H,46,52,53)/t37-/m1/s1. The molecule has 0 aliphatic carbocycles. The number of nitrogen functional groups attached to an aromatic ring is 1. The van der Waals surface area contributed by atoms with Crippen molar-refractivity contribution in [2.45, 2.75) is 44.2 Å². The van der Waals surface area contributed by atoms with Gasteiger partial charge in [-0.25, -0.2) is 4.79 Å². The van der Waals surface area contributed by atoms with Gasteiger partial charge in [0.2, 0.25) is 5.91 Å². The molecule has 1 aromatic heterocycles. The summed E-state index contributed by atoms with van der Waals surface area (Å²) in [6.45, 7) is 7.61. The van der Waals surface area contributed by atoms with Gasteiger partial charge in [0, 0.05) is 82.1 Å². The monoisotopic (exact) mass is 747 g/mol. The van der Waals surface area contributed by atoms with Crippen LogP contribution in [0.2, 0.25) is 5.02 Å². The molecular formula is C41H46ClN9O3. The van der Waals surface area contributed by atoms with E-state index >= 15 is 0 Å². The molecule has 5 heterocycles. The van der Waals surface area contributed by atoms with Crippen LogP contribution in [0.15, 0.2) is 66.9 Å². The quantitative estimate of drug-likeness (QED) is 0.140. The third-order valence-electron chi connectivity index (χ3n) is 11.7. The summed E-state index contributed by atoms with van der Waals surface area (Å²) in [5.41, 5.74) is 11.9. The first-order valence-electron chi connectivity index (χ1n) is 19.0. The summed E-state index contributed by atoms with van der Waals surface area (Å²) in [6, 6.07) is 22.5. The smallest absolute Gasteiger partial charge is 0.328 e. The van der Waals surface area contributed by atoms with Crippen molar-refractivity contribution in [3.8, 4) is 6.07 Å². The number of halogens is 1. The molecule has 280 valence electrons. The van der Waals surface area contributed by atoms with Crippen LogP contribution in [0.5, 0.6) is 0 Å². The Kier molecular flexibility index (Phi) is 10.2. The van der Waals surface area contributed by atoms with Crippen molar-refractivity contribution in [1.29, 1.82) is 10.7 Å². The number of anilines is 4. The highest BCUT2D eigenvalue weighted by Crippen LogP contribution is 2.37. The minimum absolute atomic E-state index is 0.124. The SMILES string of the molecule is N#CC(=N)c1c(Cl)ccc(N2CCO[C@@H](c3ccc(N4CCC(CN5CCC(n6ccc7c(N8CCC(=O)NC8=O)cccc76)CC5)CC4)cc3)C2)c1N. The number of imide groups is 1. The number of carbonyl (C=O) groups is 2. The van der Waals surface area contributed by atoms with Crippen LogP contribution >= 0.6 is 11.6 Å². The number of carbonyl (C=O) groups excluding carboxylic acids is 2. The Balaban J connectivity index is 0.821. The molecule has 0 unspecified atom stereocenters. The molecule has 3 aromatic carbocycles. The number of urea groups is 1. The van der Waals surface area contributed by atoms with E-state index in [1.165, 1.54) is 18.5 Å². The maximum atomic E-state index is 12.6. The van der Waals surface area contributed by atoms with E-state index in [9.17, 15) is 14.9 Å². The summed E-state index contributed by atoms with van der Waals surface area (Å²) in [6.07, 6.45) is 6.91. The van der Waals surface area contributed by atoms with Gasteiger partial charge in [-0.3, -0.25) is 20.4 Å². The number of morpholine rings is 1. The Morgan fingerprint density at radius 3 is 2.44 bits per heavy atom. The lowest BCUT2D eigenvalue weighted by atomic mass is 9.94. The van der Waals surface area contributed by atoms with Crippen molar-refractivity contribution in [2.75, 3.05) is 79.4 Å². The van der Waals surface area contributed by atoms with Gasteiger partial charge in [-0.15, -0.1) is 0 Å². The summed E-state index contributed by atoms with van der Waals surface area (Å²) < 4.78 is 8.57. The van der Waals surface area contributed by atoms with Gasteiger partial charge >= 0.3 is 6.03 Å². The number of ether oxygens (including phenoxy) is 1. The normalized spacial score (nSPS) is 20.7. The molecule has 0 saturated carbocycles. The topological polar surface area (TPSA) is 147 Å². The van der Waals surface area contributed by atoms with Gasteiger partial charge in [0.25, 0.3) is 0 Å². The predicted molar refractivity (Wildman–Crippen MR) is 213 cm³/mol. The first kappa shape index (κ1) is 35.9. The van der Waals surface area contributed by atoms with E-state index in [1.54, 1.807) is 11.0 Å².